The molecule has 2 aromatic rings. The van der Waals surface area contributed by atoms with Crippen LogP contribution in [0.2, 0.25) is 0 Å². The Balaban J connectivity index is 1.61. The topological polar surface area (TPSA) is 112 Å². The molecule has 2 amide bonds. The number of carbonyl (C=O) groups is 3. The number of hydrogen-bond acceptors (Lipinski definition) is 6. The summed E-state index contributed by atoms with van der Waals surface area (Å²) in [6.45, 7) is 4.68. The lowest BCUT2D eigenvalue weighted by Crippen LogP contribution is -2.28. The van der Waals surface area contributed by atoms with Crippen LogP contribution < -0.4 is 10.6 Å². The Morgan fingerprint density at radius 1 is 1.18 bits per heavy atom. The fraction of sp³-hybridized carbons (Fsp3) is 0.500. The van der Waals surface area contributed by atoms with E-state index in [-0.39, 0.29) is 18.4 Å². The van der Waals surface area contributed by atoms with Gasteiger partial charge in [0.2, 0.25) is 0 Å². The Bertz CT molecular complexity index is 968. The van der Waals surface area contributed by atoms with Gasteiger partial charge in [0, 0.05) is 44.5 Å². The standard InChI is InChI=1S/C24H32N4O5/c1-3-28-21-19(7-4-14-32-15-6-13-26-23(21)30)20(27-28)8-5-16-33-24(31)18-11-9-17(10-12-18)22(29)25-2/h9-12H,3-8,13-16H2,1-2H3,(H,25,29)(H,26,30). The van der Waals surface area contributed by atoms with Crippen LogP contribution in [0.25, 0.3) is 0 Å². The zero-order valence-corrected chi connectivity index (χ0v) is 19.3. The van der Waals surface area contributed by atoms with Crippen molar-refractivity contribution in [2.24, 2.45) is 0 Å². The predicted octanol–water partition coefficient (Wildman–Crippen LogP) is 2.13. The van der Waals surface area contributed by atoms with Gasteiger partial charge in [0.05, 0.1) is 17.9 Å². The molecule has 0 spiro atoms. The summed E-state index contributed by atoms with van der Waals surface area (Å²) in [7, 11) is 1.55. The van der Waals surface area contributed by atoms with Crippen molar-refractivity contribution in [1.29, 1.82) is 0 Å². The van der Waals surface area contributed by atoms with Crippen LogP contribution in [0.3, 0.4) is 0 Å². The van der Waals surface area contributed by atoms with E-state index in [4.69, 9.17) is 9.47 Å². The monoisotopic (exact) mass is 456 g/mol. The van der Waals surface area contributed by atoms with E-state index in [2.05, 4.69) is 15.7 Å². The molecule has 0 saturated heterocycles. The summed E-state index contributed by atoms with van der Waals surface area (Å²) in [4.78, 5) is 36.7. The van der Waals surface area contributed by atoms with Gasteiger partial charge in [-0.15, -0.1) is 0 Å². The Kier molecular flexibility index (Phi) is 9.00. The molecule has 9 nitrogen and oxygen atoms in total. The lowest BCUT2D eigenvalue weighted by molar-refractivity contribution is 0.0499. The van der Waals surface area contributed by atoms with Crippen LogP contribution in [0.1, 0.15) is 68.6 Å². The second kappa shape index (κ2) is 12.2. The van der Waals surface area contributed by atoms with Gasteiger partial charge in [-0.25, -0.2) is 4.79 Å². The maximum atomic E-state index is 12.8. The predicted molar refractivity (Wildman–Crippen MR) is 122 cm³/mol. The molecule has 0 unspecified atom stereocenters. The van der Waals surface area contributed by atoms with Gasteiger partial charge in [-0.3, -0.25) is 14.3 Å². The van der Waals surface area contributed by atoms with E-state index >= 15 is 0 Å². The Hall–Kier alpha value is -3.20. The average Bonchev–Trinajstić information content (AvgIpc) is 3.18. The first kappa shape index (κ1) is 24.4. The molecule has 0 saturated carbocycles. The number of benzene rings is 1. The van der Waals surface area contributed by atoms with E-state index in [0.717, 1.165) is 30.5 Å². The number of aromatic nitrogens is 2. The number of nitrogens with one attached hydrogen (secondary N) is 2. The number of amides is 2. The quantitative estimate of drug-likeness (QED) is 0.488. The van der Waals surface area contributed by atoms with Crippen molar-refractivity contribution < 1.29 is 23.9 Å². The first-order valence-electron chi connectivity index (χ1n) is 11.5. The maximum Gasteiger partial charge on any atom is 0.338 e. The molecular formula is C24H32N4O5. The highest BCUT2D eigenvalue weighted by atomic mass is 16.5. The summed E-state index contributed by atoms with van der Waals surface area (Å²) in [6, 6.07) is 6.33. The van der Waals surface area contributed by atoms with Crippen LogP contribution in [-0.2, 0) is 28.9 Å². The molecule has 2 heterocycles. The van der Waals surface area contributed by atoms with Crippen molar-refractivity contribution in [3.8, 4) is 0 Å². The van der Waals surface area contributed by atoms with Gasteiger partial charge in [0.15, 0.2) is 0 Å². The number of aryl methyl sites for hydroxylation is 2. The smallest absolute Gasteiger partial charge is 0.338 e. The van der Waals surface area contributed by atoms with Crippen LogP contribution in [0.15, 0.2) is 24.3 Å². The van der Waals surface area contributed by atoms with Crippen molar-refractivity contribution in [2.45, 2.75) is 45.6 Å². The molecular weight excluding hydrogens is 424 g/mol. The summed E-state index contributed by atoms with van der Waals surface area (Å²) in [5.74, 6) is -0.744. The molecule has 0 aliphatic carbocycles. The first-order chi connectivity index (χ1) is 16.0. The van der Waals surface area contributed by atoms with Gasteiger partial charge in [-0.05, 0) is 63.3 Å². The van der Waals surface area contributed by atoms with Gasteiger partial charge < -0.3 is 20.1 Å². The molecule has 1 aliphatic heterocycles. The lowest BCUT2D eigenvalue weighted by atomic mass is 10.0. The third-order valence-electron chi connectivity index (χ3n) is 5.52. The van der Waals surface area contributed by atoms with Crippen molar-refractivity contribution in [3.63, 3.8) is 0 Å². The Labute approximate surface area is 193 Å². The molecule has 9 heteroatoms. The number of rotatable bonds is 7. The molecule has 1 aliphatic rings. The van der Waals surface area contributed by atoms with Gasteiger partial charge >= 0.3 is 5.97 Å². The first-order valence-corrected chi connectivity index (χ1v) is 11.5. The minimum Gasteiger partial charge on any atom is -0.462 e. The number of carbonyl (C=O) groups excluding carboxylic acids is 3. The van der Waals surface area contributed by atoms with E-state index in [1.165, 1.54) is 0 Å². The largest absolute Gasteiger partial charge is 0.462 e. The van der Waals surface area contributed by atoms with Gasteiger partial charge in [-0.1, -0.05) is 0 Å². The summed E-state index contributed by atoms with van der Waals surface area (Å²) in [5, 5.41) is 10.2. The van der Waals surface area contributed by atoms with Gasteiger partial charge in [-0.2, -0.15) is 5.10 Å². The number of nitrogens with zero attached hydrogens (tertiary/aromatic N) is 2. The Morgan fingerprint density at radius 3 is 2.64 bits per heavy atom. The zero-order chi connectivity index (χ0) is 23.6. The second-order valence-electron chi connectivity index (χ2n) is 7.81. The highest BCUT2D eigenvalue weighted by Gasteiger charge is 2.23. The van der Waals surface area contributed by atoms with Crippen LogP contribution >= 0.6 is 0 Å². The number of esters is 1. The molecule has 1 aromatic heterocycles. The average molecular weight is 457 g/mol. The van der Waals surface area contributed by atoms with Crippen molar-refractivity contribution in [1.82, 2.24) is 20.4 Å². The highest BCUT2D eigenvalue weighted by molar-refractivity contribution is 5.96. The van der Waals surface area contributed by atoms with E-state index in [9.17, 15) is 14.4 Å². The summed E-state index contributed by atoms with van der Waals surface area (Å²) in [6.07, 6.45) is 3.52. The number of hydrogen-bond donors (Lipinski definition) is 2. The SMILES string of the molecule is CCn1nc(CCCOC(=O)c2ccc(C(=O)NC)cc2)c2c1C(=O)NCCCOCCC2. The molecule has 0 radical (unpaired) electrons. The fourth-order valence-corrected chi connectivity index (χ4v) is 3.80. The lowest BCUT2D eigenvalue weighted by Gasteiger charge is -2.08. The van der Waals surface area contributed by atoms with Gasteiger partial charge in [0.1, 0.15) is 5.69 Å². The molecule has 2 N–H and O–H groups in total. The molecule has 0 atom stereocenters. The highest BCUT2D eigenvalue weighted by Crippen LogP contribution is 2.20. The molecule has 0 bridgehead atoms. The third kappa shape index (κ3) is 6.41. The summed E-state index contributed by atoms with van der Waals surface area (Å²) >= 11 is 0. The molecule has 178 valence electrons. The van der Waals surface area contributed by atoms with Crippen LogP contribution in [-0.4, -0.2) is 61.0 Å². The van der Waals surface area contributed by atoms with Gasteiger partial charge in [0.25, 0.3) is 11.8 Å². The fourth-order valence-electron chi connectivity index (χ4n) is 3.80. The van der Waals surface area contributed by atoms with E-state index < -0.39 is 5.97 Å². The van der Waals surface area contributed by atoms with E-state index in [0.29, 0.717) is 56.0 Å². The van der Waals surface area contributed by atoms with Crippen molar-refractivity contribution in [3.05, 3.63) is 52.3 Å². The molecule has 0 fully saturated rings. The molecule has 1 aromatic carbocycles. The maximum absolute atomic E-state index is 12.8. The van der Waals surface area contributed by atoms with Crippen molar-refractivity contribution >= 4 is 17.8 Å². The minimum atomic E-state index is -0.437. The van der Waals surface area contributed by atoms with E-state index in [1.54, 1.807) is 36.0 Å². The zero-order valence-electron chi connectivity index (χ0n) is 19.3. The number of ether oxygens (including phenoxy) is 2. The summed E-state index contributed by atoms with van der Waals surface area (Å²) < 4.78 is 12.8. The normalized spacial score (nSPS) is 14.5. The van der Waals surface area contributed by atoms with Crippen molar-refractivity contribution in [2.75, 3.05) is 33.4 Å². The van der Waals surface area contributed by atoms with Crippen LogP contribution in [0, 0.1) is 0 Å². The summed E-state index contributed by atoms with van der Waals surface area (Å²) in [5.41, 5.74) is 3.32. The third-order valence-corrected chi connectivity index (χ3v) is 5.52. The number of fused-ring (bicyclic) bond motifs is 1. The molecule has 33 heavy (non-hydrogen) atoms. The van der Waals surface area contributed by atoms with Crippen LogP contribution in [0.4, 0.5) is 0 Å². The molecule has 3 rings (SSSR count). The van der Waals surface area contributed by atoms with E-state index in [1.807, 2.05) is 6.92 Å². The minimum absolute atomic E-state index is 0.0980. The second-order valence-corrected chi connectivity index (χ2v) is 7.81. The van der Waals surface area contributed by atoms with Crippen LogP contribution in [0.5, 0.6) is 0 Å². The Morgan fingerprint density at radius 2 is 1.91 bits per heavy atom.